The lowest BCUT2D eigenvalue weighted by molar-refractivity contribution is -0.138. The van der Waals surface area contributed by atoms with E-state index < -0.39 is 11.8 Å². The van der Waals surface area contributed by atoms with Crippen molar-refractivity contribution in [3.05, 3.63) is 34.6 Å². The summed E-state index contributed by atoms with van der Waals surface area (Å²) >= 11 is 5.84. The van der Waals surface area contributed by atoms with Crippen molar-refractivity contribution < 1.29 is 14.3 Å². The maximum absolute atomic E-state index is 13.2. The topological polar surface area (TPSA) is 43.8 Å². The van der Waals surface area contributed by atoms with Gasteiger partial charge >= 0.3 is 5.97 Å². The van der Waals surface area contributed by atoms with E-state index in [9.17, 15) is 9.18 Å². The molecule has 1 aromatic carbocycles. The number of benzene rings is 1. The number of hydrogen-bond acceptors (Lipinski definition) is 3. The third-order valence-electron chi connectivity index (χ3n) is 3.96. The SMILES string of the molecule is CC(c1ccc(F)c(Cl)c1)N1CCCN(CC(=O)O)CC1. The summed E-state index contributed by atoms with van der Waals surface area (Å²) in [4.78, 5) is 15.0. The van der Waals surface area contributed by atoms with Crippen LogP contribution in [0.3, 0.4) is 0 Å². The van der Waals surface area contributed by atoms with Gasteiger partial charge in [0.2, 0.25) is 0 Å². The molecule has 0 aromatic heterocycles. The maximum Gasteiger partial charge on any atom is 0.317 e. The standard InChI is InChI=1S/C15H20ClFN2O2/c1-11(12-3-4-14(17)13(16)9-12)19-6-2-5-18(7-8-19)10-15(20)21/h3-4,9,11H,2,5-8,10H2,1H3,(H,20,21). The normalized spacial score (nSPS) is 19.2. The molecule has 0 amide bonds. The number of carbonyl (C=O) groups is 1. The van der Waals surface area contributed by atoms with Gasteiger partial charge in [-0.1, -0.05) is 17.7 Å². The van der Waals surface area contributed by atoms with E-state index in [0.29, 0.717) is 0 Å². The van der Waals surface area contributed by atoms with Crippen molar-refractivity contribution in [1.29, 1.82) is 0 Å². The molecule has 0 bridgehead atoms. The van der Waals surface area contributed by atoms with E-state index in [-0.39, 0.29) is 17.6 Å². The van der Waals surface area contributed by atoms with E-state index in [1.54, 1.807) is 12.1 Å². The molecule has 1 fully saturated rings. The van der Waals surface area contributed by atoms with E-state index in [2.05, 4.69) is 11.8 Å². The molecule has 1 aliphatic rings. The van der Waals surface area contributed by atoms with Gasteiger partial charge < -0.3 is 5.11 Å². The fraction of sp³-hybridized carbons (Fsp3) is 0.533. The third kappa shape index (κ3) is 4.40. The maximum atomic E-state index is 13.2. The van der Waals surface area contributed by atoms with Crippen molar-refractivity contribution in [3.8, 4) is 0 Å². The van der Waals surface area contributed by atoms with Crippen LogP contribution in [-0.2, 0) is 4.79 Å². The summed E-state index contributed by atoms with van der Waals surface area (Å²) in [5, 5.41) is 9.00. The second-order valence-corrected chi connectivity index (χ2v) is 5.82. The fourth-order valence-electron chi connectivity index (χ4n) is 2.71. The summed E-state index contributed by atoms with van der Waals surface area (Å²) in [5.41, 5.74) is 0.980. The van der Waals surface area contributed by atoms with Crippen LogP contribution in [0.15, 0.2) is 18.2 Å². The second kappa shape index (κ2) is 7.20. The molecule has 1 unspecified atom stereocenters. The van der Waals surface area contributed by atoms with Crippen molar-refractivity contribution >= 4 is 17.6 Å². The first-order valence-corrected chi connectivity index (χ1v) is 7.48. The molecule has 1 aliphatic heterocycles. The lowest BCUT2D eigenvalue weighted by atomic mass is 10.1. The predicted molar refractivity (Wildman–Crippen MR) is 80.1 cm³/mol. The van der Waals surface area contributed by atoms with Gasteiger partial charge in [0, 0.05) is 32.2 Å². The van der Waals surface area contributed by atoms with Crippen LogP contribution in [0.2, 0.25) is 5.02 Å². The quantitative estimate of drug-likeness (QED) is 0.928. The van der Waals surface area contributed by atoms with Crippen molar-refractivity contribution in [2.75, 3.05) is 32.7 Å². The summed E-state index contributed by atoms with van der Waals surface area (Å²) in [6.07, 6.45) is 0.923. The highest BCUT2D eigenvalue weighted by Gasteiger charge is 2.21. The van der Waals surface area contributed by atoms with Gasteiger partial charge in [0.1, 0.15) is 5.82 Å². The zero-order valence-electron chi connectivity index (χ0n) is 12.1. The van der Waals surface area contributed by atoms with E-state index in [4.69, 9.17) is 16.7 Å². The van der Waals surface area contributed by atoms with Crippen LogP contribution in [-0.4, -0.2) is 53.6 Å². The lowest BCUT2D eigenvalue weighted by Gasteiger charge is -2.28. The zero-order chi connectivity index (χ0) is 15.4. The lowest BCUT2D eigenvalue weighted by Crippen LogP contribution is -2.35. The number of nitrogens with zero attached hydrogens (tertiary/aromatic N) is 2. The molecule has 1 N–H and O–H groups in total. The van der Waals surface area contributed by atoms with Crippen LogP contribution in [0, 0.1) is 5.82 Å². The smallest absolute Gasteiger partial charge is 0.317 e. The highest BCUT2D eigenvalue weighted by Crippen LogP contribution is 2.25. The van der Waals surface area contributed by atoms with Gasteiger partial charge in [-0.3, -0.25) is 14.6 Å². The minimum Gasteiger partial charge on any atom is -0.480 e. The van der Waals surface area contributed by atoms with Gasteiger partial charge in [0.25, 0.3) is 0 Å². The van der Waals surface area contributed by atoms with E-state index >= 15 is 0 Å². The van der Waals surface area contributed by atoms with E-state index in [0.717, 1.165) is 38.2 Å². The first-order chi connectivity index (χ1) is 9.97. The van der Waals surface area contributed by atoms with Crippen molar-refractivity contribution in [2.45, 2.75) is 19.4 Å². The Bertz CT molecular complexity index is 512. The third-order valence-corrected chi connectivity index (χ3v) is 4.25. The first kappa shape index (κ1) is 16.2. The summed E-state index contributed by atoms with van der Waals surface area (Å²) in [5.74, 6) is -1.20. The Hall–Kier alpha value is -1.17. The zero-order valence-corrected chi connectivity index (χ0v) is 12.8. The molecule has 116 valence electrons. The average Bonchev–Trinajstić information content (AvgIpc) is 2.66. The summed E-state index contributed by atoms with van der Waals surface area (Å²) in [7, 11) is 0. The van der Waals surface area contributed by atoms with Crippen LogP contribution >= 0.6 is 11.6 Å². The summed E-state index contributed by atoms with van der Waals surface area (Å²) in [6, 6.07) is 4.95. The van der Waals surface area contributed by atoms with Gasteiger partial charge in [-0.15, -0.1) is 0 Å². The molecule has 6 heteroatoms. The Morgan fingerprint density at radius 2 is 2.14 bits per heavy atom. The largest absolute Gasteiger partial charge is 0.480 e. The van der Waals surface area contributed by atoms with Crippen molar-refractivity contribution in [3.63, 3.8) is 0 Å². The van der Waals surface area contributed by atoms with Crippen LogP contribution in [0.4, 0.5) is 4.39 Å². The minimum atomic E-state index is -0.790. The second-order valence-electron chi connectivity index (χ2n) is 5.41. The summed E-state index contributed by atoms with van der Waals surface area (Å²) < 4.78 is 13.2. The molecule has 1 saturated heterocycles. The minimum absolute atomic E-state index is 0.0879. The molecule has 21 heavy (non-hydrogen) atoms. The Balaban J connectivity index is 2.00. The first-order valence-electron chi connectivity index (χ1n) is 7.10. The van der Waals surface area contributed by atoms with Crippen LogP contribution in [0.1, 0.15) is 24.9 Å². The Labute approximate surface area is 129 Å². The highest BCUT2D eigenvalue weighted by molar-refractivity contribution is 6.30. The van der Waals surface area contributed by atoms with Gasteiger partial charge in [0.15, 0.2) is 0 Å². The number of carboxylic acids is 1. The molecule has 1 heterocycles. The molecule has 0 spiro atoms. The van der Waals surface area contributed by atoms with Crippen molar-refractivity contribution in [1.82, 2.24) is 9.80 Å². The molecule has 0 aliphatic carbocycles. The highest BCUT2D eigenvalue weighted by atomic mass is 35.5. The molecule has 0 saturated carbocycles. The van der Waals surface area contributed by atoms with Gasteiger partial charge in [-0.05, 0) is 31.0 Å². The van der Waals surface area contributed by atoms with E-state index in [1.807, 2.05) is 4.90 Å². The van der Waals surface area contributed by atoms with Crippen LogP contribution in [0.5, 0.6) is 0 Å². The van der Waals surface area contributed by atoms with Crippen LogP contribution in [0.25, 0.3) is 0 Å². The van der Waals surface area contributed by atoms with E-state index in [1.165, 1.54) is 6.07 Å². The number of hydrogen-bond donors (Lipinski definition) is 1. The molecule has 1 atom stereocenters. The van der Waals surface area contributed by atoms with Gasteiger partial charge in [-0.2, -0.15) is 0 Å². The molecule has 2 rings (SSSR count). The van der Waals surface area contributed by atoms with Gasteiger partial charge in [0.05, 0.1) is 11.6 Å². The molecule has 0 radical (unpaired) electrons. The number of halogens is 2. The monoisotopic (exact) mass is 314 g/mol. The Morgan fingerprint density at radius 1 is 1.38 bits per heavy atom. The number of rotatable bonds is 4. The molecular weight excluding hydrogens is 295 g/mol. The molecular formula is C15H20ClFN2O2. The number of carboxylic acid groups (broad SMARTS) is 1. The fourth-order valence-corrected chi connectivity index (χ4v) is 2.90. The van der Waals surface area contributed by atoms with Crippen LogP contribution < -0.4 is 0 Å². The molecule has 1 aromatic rings. The van der Waals surface area contributed by atoms with Gasteiger partial charge in [-0.25, -0.2) is 4.39 Å². The Morgan fingerprint density at radius 3 is 2.81 bits per heavy atom. The number of aliphatic carboxylic acids is 1. The molecule has 4 nitrogen and oxygen atoms in total. The average molecular weight is 315 g/mol. The predicted octanol–water partition coefficient (Wildman–Crippen LogP) is 2.63. The summed E-state index contributed by atoms with van der Waals surface area (Å²) in [6.45, 7) is 5.36. The Kier molecular flexibility index (Phi) is 5.56. The van der Waals surface area contributed by atoms with Crippen molar-refractivity contribution in [2.24, 2.45) is 0 Å².